The Kier molecular flexibility index (Phi) is 3.67. The van der Waals surface area contributed by atoms with Crippen LogP contribution >= 0.6 is 0 Å². The number of rotatable bonds is 3. The first-order valence-electron chi connectivity index (χ1n) is 7.60. The summed E-state index contributed by atoms with van der Waals surface area (Å²) in [6, 6.07) is 12.9. The van der Waals surface area contributed by atoms with E-state index in [9.17, 15) is 13.6 Å². The van der Waals surface area contributed by atoms with Crippen LogP contribution in [0.25, 0.3) is 22.6 Å². The fourth-order valence-electron chi connectivity index (χ4n) is 3.13. The van der Waals surface area contributed by atoms with Gasteiger partial charge >= 0.3 is 0 Å². The van der Waals surface area contributed by atoms with Gasteiger partial charge in [-0.05, 0) is 30.3 Å². The highest BCUT2D eigenvalue weighted by Gasteiger charge is 2.24. The molecule has 2 N–H and O–H groups in total. The molecule has 1 aromatic heterocycles. The van der Waals surface area contributed by atoms with Crippen LogP contribution < -0.4 is 10.0 Å². The van der Waals surface area contributed by atoms with Gasteiger partial charge in [-0.15, -0.1) is 0 Å². The summed E-state index contributed by atoms with van der Waals surface area (Å²) in [5.74, 6) is -0.205. The van der Waals surface area contributed by atoms with Gasteiger partial charge < -0.3 is 19.2 Å². The quantitative estimate of drug-likeness (QED) is 0.561. The number of aromatic nitrogens is 1. The van der Waals surface area contributed by atoms with Crippen molar-refractivity contribution in [3.05, 3.63) is 59.8 Å². The molecule has 0 saturated heterocycles. The first-order chi connectivity index (χ1) is 12.0. The molecule has 7 heteroatoms. The minimum Gasteiger partial charge on any atom is -0.755 e. The van der Waals surface area contributed by atoms with E-state index >= 15 is 0 Å². The van der Waals surface area contributed by atoms with Crippen molar-refractivity contribution in [3.8, 4) is 0 Å². The van der Waals surface area contributed by atoms with Crippen LogP contribution in [0.2, 0.25) is 0 Å². The third-order valence-corrected chi connectivity index (χ3v) is 4.63. The average molecular weight is 352 g/mol. The van der Waals surface area contributed by atoms with Gasteiger partial charge in [0.25, 0.3) is 5.91 Å². The van der Waals surface area contributed by atoms with Crippen LogP contribution in [0.3, 0.4) is 0 Å². The van der Waals surface area contributed by atoms with E-state index in [1.165, 1.54) is 0 Å². The number of hydrogen-bond donors (Lipinski definition) is 2. The summed E-state index contributed by atoms with van der Waals surface area (Å²) in [5, 5.41) is 3.86. The molecular weight excluding hydrogens is 338 g/mol. The monoisotopic (exact) mass is 352 g/mol. The number of fused-ring (bicyclic) bond motifs is 2. The van der Waals surface area contributed by atoms with Crippen molar-refractivity contribution in [1.29, 1.82) is 0 Å². The van der Waals surface area contributed by atoms with Gasteiger partial charge in [0.15, 0.2) is 0 Å². The third kappa shape index (κ3) is 2.73. The normalized spacial score (nSPS) is 16.1. The zero-order chi connectivity index (χ0) is 17.6. The molecule has 1 unspecified atom stereocenters. The van der Waals surface area contributed by atoms with Gasteiger partial charge in [-0.3, -0.25) is 9.00 Å². The van der Waals surface area contributed by atoms with Crippen LogP contribution in [-0.4, -0.2) is 19.2 Å². The molecule has 1 amide bonds. The molecule has 2 heterocycles. The van der Waals surface area contributed by atoms with Crippen LogP contribution in [0, 0.1) is 0 Å². The first-order valence-corrected chi connectivity index (χ1v) is 8.68. The predicted octanol–water partition coefficient (Wildman–Crippen LogP) is 2.88. The summed E-state index contributed by atoms with van der Waals surface area (Å²) in [5.41, 5.74) is 4.26. The van der Waals surface area contributed by atoms with Crippen LogP contribution in [0.4, 0.5) is 11.4 Å². The number of carbonyl (C=O) groups is 1. The van der Waals surface area contributed by atoms with Crippen molar-refractivity contribution in [2.24, 2.45) is 7.05 Å². The number of carbonyl (C=O) groups excluding carboxylic acids is 1. The van der Waals surface area contributed by atoms with Crippen molar-refractivity contribution in [2.45, 2.75) is 0 Å². The van der Waals surface area contributed by atoms with E-state index in [1.54, 1.807) is 18.2 Å². The van der Waals surface area contributed by atoms with E-state index in [2.05, 4.69) is 10.0 Å². The van der Waals surface area contributed by atoms with Crippen molar-refractivity contribution < 1.29 is 13.6 Å². The Balaban J connectivity index is 1.84. The molecule has 0 aliphatic carbocycles. The molecule has 2 aromatic carbocycles. The van der Waals surface area contributed by atoms with Crippen LogP contribution in [0.5, 0.6) is 0 Å². The fourth-order valence-corrected chi connectivity index (χ4v) is 3.45. The lowest BCUT2D eigenvalue weighted by molar-refractivity contribution is -0.110. The predicted molar refractivity (Wildman–Crippen MR) is 98.4 cm³/mol. The molecule has 1 aliphatic rings. The molecule has 0 saturated carbocycles. The Bertz CT molecular complexity index is 1070. The molecule has 1 atom stereocenters. The average Bonchev–Trinajstić information content (AvgIpc) is 3.06. The molecule has 25 heavy (non-hydrogen) atoms. The topological polar surface area (TPSA) is 86.2 Å². The van der Waals surface area contributed by atoms with Gasteiger partial charge in [-0.25, -0.2) is 0 Å². The molecule has 0 fully saturated rings. The lowest BCUT2D eigenvalue weighted by Crippen LogP contribution is -2.03. The summed E-state index contributed by atoms with van der Waals surface area (Å²) in [4.78, 5) is 12.4. The van der Waals surface area contributed by atoms with Gasteiger partial charge in [0.05, 0.1) is 0 Å². The van der Waals surface area contributed by atoms with E-state index in [-0.39, 0.29) is 5.91 Å². The molecule has 3 aromatic rings. The second-order valence-corrected chi connectivity index (χ2v) is 6.50. The second-order valence-electron chi connectivity index (χ2n) is 5.82. The van der Waals surface area contributed by atoms with E-state index in [4.69, 9.17) is 0 Å². The summed E-state index contributed by atoms with van der Waals surface area (Å²) >= 11 is -2.41. The highest BCUT2D eigenvalue weighted by atomic mass is 32.2. The highest BCUT2D eigenvalue weighted by Crippen LogP contribution is 2.36. The minimum atomic E-state index is -2.41. The Morgan fingerprint density at radius 3 is 2.84 bits per heavy atom. The highest BCUT2D eigenvalue weighted by molar-refractivity contribution is 7.80. The summed E-state index contributed by atoms with van der Waals surface area (Å²) in [6.07, 6.45) is 3.80. The van der Waals surface area contributed by atoms with Gasteiger partial charge in [-0.1, -0.05) is 18.2 Å². The number of aryl methyl sites for hydroxylation is 1. The van der Waals surface area contributed by atoms with E-state index in [0.717, 1.165) is 16.5 Å². The van der Waals surface area contributed by atoms with Gasteiger partial charge in [0.1, 0.15) is 0 Å². The Morgan fingerprint density at radius 2 is 2.04 bits per heavy atom. The number of nitrogens with one attached hydrogen (secondary N) is 2. The molecule has 1 aliphatic heterocycles. The maximum Gasteiger partial charge on any atom is 0.256 e. The largest absolute Gasteiger partial charge is 0.755 e. The van der Waals surface area contributed by atoms with Crippen molar-refractivity contribution in [2.75, 3.05) is 10.0 Å². The zero-order valence-corrected chi connectivity index (χ0v) is 14.1. The molecule has 4 rings (SSSR count). The van der Waals surface area contributed by atoms with E-state index in [0.29, 0.717) is 22.5 Å². The summed E-state index contributed by atoms with van der Waals surface area (Å²) in [7, 11) is 1.96. The minimum absolute atomic E-state index is 0.205. The molecule has 6 nitrogen and oxygen atoms in total. The summed E-state index contributed by atoms with van der Waals surface area (Å²) in [6.45, 7) is 0. The van der Waals surface area contributed by atoms with Gasteiger partial charge in [0, 0.05) is 63.5 Å². The van der Waals surface area contributed by atoms with Gasteiger partial charge in [0.2, 0.25) is 0 Å². The zero-order valence-electron chi connectivity index (χ0n) is 13.3. The number of amides is 1. The summed E-state index contributed by atoms with van der Waals surface area (Å²) < 4.78 is 26.0. The number of hydrogen-bond acceptors (Lipinski definition) is 3. The Hall–Kier alpha value is -2.90. The SMILES string of the molecule is Cn1cc(/C=C2\C(=O)Nc3ccc(NS(=O)[O-])cc32)c2ccccc21. The first kappa shape index (κ1) is 15.6. The number of para-hydroxylation sites is 1. The number of benzene rings is 2. The third-order valence-electron chi connectivity index (χ3n) is 4.23. The maximum atomic E-state index is 12.4. The smallest absolute Gasteiger partial charge is 0.256 e. The molecule has 0 radical (unpaired) electrons. The maximum absolute atomic E-state index is 12.4. The fraction of sp³-hybridized carbons (Fsp3) is 0.0556. The lowest BCUT2D eigenvalue weighted by Gasteiger charge is -2.09. The number of anilines is 2. The van der Waals surface area contributed by atoms with Crippen LogP contribution in [0.15, 0.2) is 48.7 Å². The standard InChI is InChI=1S/C18H15N3O3S/c1-21-10-11(13-4-2-3-5-17(13)21)8-15-14-9-12(20-25(23)24)6-7-16(14)19-18(15)22/h2-10,20H,1H3,(H,19,22)(H,23,24)/p-1/b15-8-. The van der Waals surface area contributed by atoms with Crippen LogP contribution in [0.1, 0.15) is 11.1 Å². The Labute approximate surface area is 146 Å². The van der Waals surface area contributed by atoms with E-state index < -0.39 is 11.3 Å². The van der Waals surface area contributed by atoms with Gasteiger partial charge in [-0.2, -0.15) is 0 Å². The lowest BCUT2D eigenvalue weighted by atomic mass is 10.0. The molecule has 126 valence electrons. The van der Waals surface area contributed by atoms with Crippen molar-refractivity contribution >= 4 is 51.1 Å². The Morgan fingerprint density at radius 1 is 1.24 bits per heavy atom. The molecule has 0 bridgehead atoms. The second kappa shape index (κ2) is 5.87. The molecule has 0 spiro atoms. The molecular formula is C18H14N3O3S-. The van der Waals surface area contributed by atoms with Crippen molar-refractivity contribution in [3.63, 3.8) is 0 Å². The van der Waals surface area contributed by atoms with E-state index in [1.807, 2.05) is 48.2 Å². The van der Waals surface area contributed by atoms with Crippen molar-refractivity contribution in [1.82, 2.24) is 4.57 Å². The van der Waals surface area contributed by atoms with Crippen LogP contribution in [-0.2, 0) is 23.1 Å². The number of nitrogens with zero attached hydrogens (tertiary/aromatic N) is 1.